The van der Waals surface area contributed by atoms with Crippen molar-refractivity contribution in [3.05, 3.63) is 57.8 Å². The fraction of sp³-hybridized carbons (Fsp3) is 0.176. The van der Waals surface area contributed by atoms with Gasteiger partial charge in [0.1, 0.15) is 29.7 Å². The van der Waals surface area contributed by atoms with E-state index in [1.54, 1.807) is 12.3 Å². The molecule has 0 aliphatic carbocycles. The lowest BCUT2D eigenvalue weighted by Crippen LogP contribution is -1.96. The van der Waals surface area contributed by atoms with E-state index in [1.165, 1.54) is 0 Å². The van der Waals surface area contributed by atoms with Crippen molar-refractivity contribution in [2.24, 2.45) is 4.99 Å². The molecule has 0 radical (unpaired) electrons. The van der Waals surface area contributed by atoms with E-state index in [1.807, 2.05) is 32.0 Å². The number of furan rings is 1. The van der Waals surface area contributed by atoms with Crippen LogP contribution >= 0.6 is 15.9 Å². The van der Waals surface area contributed by atoms with Crippen molar-refractivity contribution in [1.29, 1.82) is 5.26 Å². The van der Waals surface area contributed by atoms with Crippen LogP contribution in [0.1, 0.15) is 22.5 Å². The first-order valence-corrected chi connectivity index (χ1v) is 7.43. The van der Waals surface area contributed by atoms with Gasteiger partial charge < -0.3 is 9.15 Å². The first-order chi connectivity index (χ1) is 10.6. The van der Waals surface area contributed by atoms with Gasteiger partial charge in [-0.3, -0.25) is 0 Å². The minimum atomic E-state index is 0.312. The molecule has 0 bridgehead atoms. The van der Waals surface area contributed by atoms with Gasteiger partial charge in [-0.25, -0.2) is 4.99 Å². The molecule has 1 aromatic heterocycles. The summed E-state index contributed by atoms with van der Waals surface area (Å²) in [6.45, 7) is 7.69. The summed E-state index contributed by atoms with van der Waals surface area (Å²) in [5.41, 5.74) is 2.05. The van der Waals surface area contributed by atoms with E-state index in [0.29, 0.717) is 29.6 Å². The van der Waals surface area contributed by atoms with Crippen LogP contribution in [0.5, 0.6) is 5.75 Å². The Balaban J connectivity index is 2.38. The minimum Gasteiger partial charge on any atom is -0.489 e. The third-order valence-electron chi connectivity index (χ3n) is 3.13. The van der Waals surface area contributed by atoms with Gasteiger partial charge in [-0.1, -0.05) is 28.6 Å². The Morgan fingerprint density at radius 1 is 1.45 bits per heavy atom. The standard InChI is InChI=1S/C17H15BrN2O2/c1-4-7-21-16-6-5-14(18)8-13(16)10-20-17-15(9-19)11(2)12(3)22-17/h4-6,8,10H,1,7H2,2-3H3/b20-10+. The number of aliphatic imine (C=N–C) groups is 1. The lowest BCUT2D eigenvalue weighted by Gasteiger charge is -2.07. The van der Waals surface area contributed by atoms with E-state index in [9.17, 15) is 5.26 Å². The van der Waals surface area contributed by atoms with Crippen LogP contribution in [0.2, 0.25) is 0 Å². The van der Waals surface area contributed by atoms with Gasteiger partial charge in [0.25, 0.3) is 0 Å². The molecular formula is C17H15BrN2O2. The molecule has 4 nitrogen and oxygen atoms in total. The summed E-state index contributed by atoms with van der Waals surface area (Å²) in [6.07, 6.45) is 3.30. The van der Waals surface area contributed by atoms with E-state index in [0.717, 1.165) is 15.6 Å². The first kappa shape index (κ1) is 16.1. The number of rotatable bonds is 5. The summed E-state index contributed by atoms with van der Waals surface area (Å²) < 4.78 is 12.0. The second kappa shape index (κ2) is 7.10. The molecule has 1 aromatic carbocycles. The number of nitriles is 1. The van der Waals surface area contributed by atoms with Gasteiger partial charge in [-0.15, -0.1) is 0 Å². The number of hydrogen-bond donors (Lipinski definition) is 0. The van der Waals surface area contributed by atoms with Crippen molar-refractivity contribution >= 4 is 28.0 Å². The lowest BCUT2D eigenvalue weighted by molar-refractivity contribution is 0.362. The fourth-order valence-electron chi connectivity index (χ4n) is 1.86. The van der Waals surface area contributed by atoms with Gasteiger partial charge in [-0.05, 0) is 32.0 Å². The second-order valence-electron chi connectivity index (χ2n) is 4.62. The zero-order valence-corrected chi connectivity index (χ0v) is 14.0. The van der Waals surface area contributed by atoms with E-state index in [2.05, 4.69) is 33.6 Å². The lowest BCUT2D eigenvalue weighted by atomic mass is 10.2. The van der Waals surface area contributed by atoms with Crippen LogP contribution in [0.25, 0.3) is 0 Å². The first-order valence-electron chi connectivity index (χ1n) is 6.64. The molecule has 0 spiro atoms. The number of aryl methyl sites for hydroxylation is 1. The van der Waals surface area contributed by atoms with Crippen molar-refractivity contribution in [1.82, 2.24) is 0 Å². The molecule has 22 heavy (non-hydrogen) atoms. The van der Waals surface area contributed by atoms with Gasteiger partial charge >= 0.3 is 0 Å². The van der Waals surface area contributed by atoms with Gasteiger partial charge in [0.05, 0.1) is 0 Å². The van der Waals surface area contributed by atoms with Gasteiger partial charge in [0, 0.05) is 21.8 Å². The molecule has 0 amide bonds. The Morgan fingerprint density at radius 2 is 2.23 bits per heavy atom. The summed E-state index contributed by atoms with van der Waals surface area (Å²) in [5, 5.41) is 9.20. The summed E-state index contributed by atoms with van der Waals surface area (Å²) in [5.74, 6) is 1.69. The molecular weight excluding hydrogens is 344 g/mol. The molecule has 0 saturated carbocycles. The Morgan fingerprint density at radius 3 is 2.91 bits per heavy atom. The highest BCUT2D eigenvalue weighted by Crippen LogP contribution is 2.29. The van der Waals surface area contributed by atoms with E-state index in [4.69, 9.17) is 9.15 Å². The smallest absolute Gasteiger partial charge is 0.237 e. The van der Waals surface area contributed by atoms with Crippen LogP contribution in [0, 0.1) is 25.2 Å². The Labute approximate surface area is 137 Å². The van der Waals surface area contributed by atoms with Crippen molar-refractivity contribution in [2.45, 2.75) is 13.8 Å². The number of halogens is 1. The quantitative estimate of drug-likeness (QED) is 0.567. The molecule has 2 aromatic rings. The zero-order chi connectivity index (χ0) is 16.1. The summed E-state index contributed by atoms with van der Waals surface area (Å²) in [7, 11) is 0. The van der Waals surface area contributed by atoms with Gasteiger partial charge in [-0.2, -0.15) is 5.26 Å². The third-order valence-corrected chi connectivity index (χ3v) is 3.62. The van der Waals surface area contributed by atoms with Crippen LogP contribution in [0.15, 0.2) is 44.7 Å². The predicted molar refractivity (Wildman–Crippen MR) is 90.0 cm³/mol. The van der Waals surface area contributed by atoms with Crippen LogP contribution in [0.3, 0.4) is 0 Å². The monoisotopic (exact) mass is 358 g/mol. The van der Waals surface area contributed by atoms with Crippen LogP contribution < -0.4 is 4.74 Å². The van der Waals surface area contributed by atoms with Gasteiger partial charge in [0.15, 0.2) is 0 Å². The molecule has 0 aliphatic rings. The van der Waals surface area contributed by atoms with Crippen molar-refractivity contribution < 1.29 is 9.15 Å². The number of nitrogens with zero attached hydrogens (tertiary/aromatic N) is 2. The molecule has 0 saturated heterocycles. The van der Waals surface area contributed by atoms with E-state index < -0.39 is 0 Å². The molecule has 0 fully saturated rings. The molecule has 1 heterocycles. The maximum absolute atomic E-state index is 9.20. The molecule has 2 rings (SSSR count). The highest BCUT2D eigenvalue weighted by atomic mass is 79.9. The number of hydrogen-bond acceptors (Lipinski definition) is 4. The highest BCUT2D eigenvalue weighted by molar-refractivity contribution is 9.10. The predicted octanol–water partition coefficient (Wildman–Crippen LogP) is 4.85. The minimum absolute atomic E-state index is 0.312. The summed E-state index contributed by atoms with van der Waals surface area (Å²) in [4.78, 5) is 4.30. The maximum Gasteiger partial charge on any atom is 0.237 e. The Kier molecular flexibility index (Phi) is 5.18. The molecule has 0 atom stereocenters. The fourth-order valence-corrected chi connectivity index (χ4v) is 2.24. The molecule has 5 heteroatoms. The van der Waals surface area contributed by atoms with Crippen LogP contribution in [0.4, 0.5) is 5.88 Å². The topological polar surface area (TPSA) is 58.5 Å². The summed E-state index contributed by atoms with van der Waals surface area (Å²) >= 11 is 3.42. The highest BCUT2D eigenvalue weighted by Gasteiger charge is 2.13. The largest absolute Gasteiger partial charge is 0.489 e. The van der Waals surface area contributed by atoms with E-state index >= 15 is 0 Å². The van der Waals surface area contributed by atoms with Crippen molar-refractivity contribution in [2.75, 3.05) is 6.61 Å². The SMILES string of the molecule is C=CCOc1ccc(Br)cc1/C=N/c1oc(C)c(C)c1C#N. The third kappa shape index (κ3) is 3.46. The van der Waals surface area contributed by atoms with Crippen molar-refractivity contribution in [3.63, 3.8) is 0 Å². The number of benzene rings is 1. The zero-order valence-electron chi connectivity index (χ0n) is 12.4. The van der Waals surface area contributed by atoms with Crippen LogP contribution in [-0.2, 0) is 0 Å². The summed E-state index contributed by atoms with van der Waals surface area (Å²) in [6, 6.07) is 7.74. The maximum atomic E-state index is 9.20. The number of ether oxygens (including phenoxy) is 1. The Hall–Kier alpha value is -2.32. The average Bonchev–Trinajstić information content (AvgIpc) is 2.78. The molecule has 112 valence electrons. The van der Waals surface area contributed by atoms with Crippen LogP contribution in [-0.4, -0.2) is 12.8 Å². The second-order valence-corrected chi connectivity index (χ2v) is 5.53. The molecule has 0 unspecified atom stereocenters. The Bertz CT molecular complexity index is 770. The molecule has 0 N–H and O–H groups in total. The van der Waals surface area contributed by atoms with Crippen molar-refractivity contribution in [3.8, 4) is 11.8 Å². The van der Waals surface area contributed by atoms with Gasteiger partial charge in [0.2, 0.25) is 5.88 Å². The normalized spacial score (nSPS) is 10.6. The molecule has 0 aliphatic heterocycles. The average molecular weight is 359 g/mol. The van der Waals surface area contributed by atoms with E-state index in [-0.39, 0.29) is 0 Å².